The third-order valence-corrected chi connectivity index (χ3v) is 1.92. The van der Waals surface area contributed by atoms with Crippen LogP contribution in [-0.2, 0) is 0 Å². The Balaban J connectivity index is 4.09. The predicted octanol–water partition coefficient (Wildman–Crippen LogP) is 2.77. The van der Waals surface area contributed by atoms with E-state index in [2.05, 4.69) is 65.3 Å². The Bertz CT molecular complexity index is 204. The Kier molecular flexibility index (Phi) is 4.00. The first-order valence-electron chi connectivity index (χ1n) is 4.84. The predicted molar refractivity (Wildman–Crippen MR) is 59.6 cm³/mol. The summed E-state index contributed by atoms with van der Waals surface area (Å²) in [5.41, 5.74) is 0.339. The van der Waals surface area contributed by atoms with E-state index in [-0.39, 0.29) is 11.0 Å². The van der Waals surface area contributed by atoms with E-state index in [9.17, 15) is 0 Å². The normalized spacial score (nSPS) is 12.6. The van der Waals surface area contributed by atoms with Crippen molar-refractivity contribution in [3.05, 3.63) is 0 Å². The molecular formula is C12H23N. The number of nitrogens with zero attached hydrogens (tertiary/aromatic N) is 1. The smallest absolute Gasteiger partial charge is 0.0603 e. The average molecular weight is 181 g/mol. The second kappa shape index (κ2) is 4.15. The van der Waals surface area contributed by atoms with Crippen LogP contribution >= 0.6 is 0 Å². The number of hydrogen-bond donors (Lipinski definition) is 0. The van der Waals surface area contributed by atoms with Crippen molar-refractivity contribution in [2.75, 3.05) is 13.6 Å². The van der Waals surface area contributed by atoms with Gasteiger partial charge in [0.05, 0.1) is 6.54 Å². The molecule has 0 aliphatic rings. The van der Waals surface area contributed by atoms with Gasteiger partial charge in [-0.05, 0) is 48.6 Å². The van der Waals surface area contributed by atoms with Gasteiger partial charge in [0.2, 0.25) is 0 Å². The van der Waals surface area contributed by atoms with Gasteiger partial charge in [-0.15, -0.1) is 0 Å². The van der Waals surface area contributed by atoms with Gasteiger partial charge in [-0.2, -0.15) is 0 Å². The summed E-state index contributed by atoms with van der Waals surface area (Å²) in [6, 6.07) is 0. The second-order valence-electron chi connectivity index (χ2n) is 5.58. The molecule has 0 amide bonds. The molecule has 0 aromatic heterocycles. The zero-order valence-corrected chi connectivity index (χ0v) is 10.2. The third kappa shape index (κ3) is 6.66. The second-order valence-corrected chi connectivity index (χ2v) is 5.58. The fourth-order valence-electron chi connectivity index (χ4n) is 0.660. The fraction of sp³-hybridized carbons (Fsp3) is 0.833. The Morgan fingerprint density at radius 2 is 1.46 bits per heavy atom. The van der Waals surface area contributed by atoms with E-state index in [0.29, 0.717) is 0 Å². The first kappa shape index (κ1) is 12.5. The van der Waals surface area contributed by atoms with Crippen LogP contribution in [-0.4, -0.2) is 24.0 Å². The highest BCUT2D eigenvalue weighted by Crippen LogP contribution is 2.11. The minimum atomic E-state index is 0.124. The molecule has 0 radical (unpaired) electrons. The molecule has 13 heavy (non-hydrogen) atoms. The average Bonchev–Trinajstić information content (AvgIpc) is 1.82. The SMILES string of the molecule is CN(CC#CC(C)(C)C)C(C)(C)C. The Labute approximate surface area is 83.5 Å². The molecule has 0 spiro atoms. The molecule has 0 saturated carbocycles. The molecule has 0 atom stereocenters. The van der Waals surface area contributed by atoms with Gasteiger partial charge < -0.3 is 0 Å². The molecule has 0 N–H and O–H groups in total. The standard InChI is InChI=1S/C12H23N/c1-11(2,3)9-8-10-13(7)12(4,5)6/h10H2,1-7H3. The van der Waals surface area contributed by atoms with Gasteiger partial charge in [0.15, 0.2) is 0 Å². The molecule has 0 rings (SSSR count). The zero-order valence-electron chi connectivity index (χ0n) is 10.2. The summed E-state index contributed by atoms with van der Waals surface area (Å²) in [6.45, 7) is 13.9. The van der Waals surface area contributed by atoms with Gasteiger partial charge in [-0.1, -0.05) is 11.8 Å². The van der Waals surface area contributed by atoms with Crippen molar-refractivity contribution >= 4 is 0 Å². The monoisotopic (exact) mass is 181 g/mol. The fourth-order valence-corrected chi connectivity index (χ4v) is 0.660. The molecule has 0 unspecified atom stereocenters. The van der Waals surface area contributed by atoms with Crippen molar-refractivity contribution < 1.29 is 0 Å². The van der Waals surface area contributed by atoms with Crippen molar-refractivity contribution in [2.45, 2.75) is 47.1 Å². The molecule has 76 valence electrons. The Hall–Kier alpha value is -0.480. The van der Waals surface area contributed by atoms with E-state index in [0.717, 1.165) is 6.54 Å². The van der Waals surface area contributed by atoms with Crippen molar-refractivity contribution in [3.63, 3.8) is 0 Å². The molecule has 0 aliphatic carbocycles. The lowest BCUT2D eigenvalue weighted by Crippen LogP contribution is -2.38. The van der Waals surface area contributed by atoms with Crippen molar-refractivity contribution in [1.29, 1.82) is 0 Å². The zero-order chi connectivity index (χ0) is 10.7. The van der Waals surface area contributed by atoms with Crippen LogP contribution in [0.5, 0.6) is 0 Å². The topological polar surface area (TPSA) is 3.24 Å². The summed E-state index contributed by atoms with van der Waals surface area (Å²) < 4.78 is 0. The summed E-state index contributed by atoms with van der Waals surface area (Å²) in [7, 11) is 2.11. The first-order chi connectivity index (χ1) is 5.63. The van der Waals surface area contributed by atoms with Gasteiger partial charge in [0, 0.05) is 11.0 Å². The molecule has 0 saturated heterocycles. The lowest BCUT2D eigenvalue weighted by atomic mass is 9.98. The van der Waals surface area contributed by atoms with Crippen molar-refractivity contribution in [2.24, 2.45) is 5.41 Å². The molecule has 0 aliphatic heterocycles. The molecule has 0 aromatic rings. The van der Waals surface area contributed by atoms with Gasteiger partial charge >= 0.3 is 0 Å². The molecule has 1 nitrogen and oxygen atoms in total. The van der Waals surface area contributed by atoms with Crippen molar-refractivity contribution in [3.8, 4) is 11.8 Å². The molecule has 0 aromatic carbocycles. The van der Waals surface area contributed by atoms with Gasteiger partial charge in [0.1, 0.15) is 0 Å². The largest absolute Gasteiger partial charge is 0.290 e. The van der Waals surface area contributed by atoms with Crippen LogP contribution < -0.4 is 0 Å². The summed E-state index contributed by atoms with van der Waals surface area (Å²) in [5.74, 6) is 6.44. The highest BCUT2D eigenvalue weighted by atomic mass is 15.1. The maximum atomic E-state index is 3.23. The van der Waals surface area contributed by atoms with Crippen LogP contribution in [0.15, 0.2) is 0 Å². The molecule has 0 heterocycles. The minimum Gasteiger partial charge on any atom is -0.290 e. The maximum absolute atomic E-state index is 3.23. The van der Waals surface area contributed by atoms with Crippen LogP contribution in [0.3, 0.4) is 0 Å². The van der Waals surface area contributed by atoms with E-state index in [1.165, 1.54) is 0 Å². The van der Waals surface area contributed by atoms with E-state index < -0.39 is 0 Å². The van der Waals surface area contributed by atoms with Crippen LogP contribution in [0.2, 0.25) is 0 Å². The van der Waals surface area contributed by atoms with Crippen LogP contribution in [0.25, 0.3) is 0 Å². The maximum Gasteiger partial charge on any atom is 0.0603 e. The molecule has 0 fully saturated rings. The van der Waals surface area contributed by atoms with E-state index in [1.54, 1.807) is 0 Å². The summed E-state index contributed by atoms with van der Waals surface area (Å²) >= 11 is 0. The van der Waals surface area contributed by atoms with Crippen molar-refractivity contribution in [1.82, 2.24) is 4.90 Å². The third-order valence-electron chi connectivity index (χ3n) is 1.92. The Morgan fingerprint density at radius 3 is 1.77 bits per heavy atom. The highest BCUT2D eigenvalue weighted by Gasteiger charge is 2.15. The lowest BCUT2D eigenvalue weighted by molar-refractivity contribution is 0.198. The van der Waals surface area contributed by atoms with E-state index >= 15 is 0 Å². The number of hydrogen-bond acceptors (Lipinski definition) is 1. The van der Waals surface area contributed by atoms with E-state index in [4.69, 9.17) is 0 Å². The number of rotatable bonds is 1. The first-order valence-corrected chi connectivity index (χ1v) is 4.84. The summed E-state index contributed by atoms with van der Waals surface area (Å²) in [6.07, 6.45) is 0. The molecule has 1 heteroatoms. The van der Waals surface area contributed by atoms with E-state index in [1.807, 2.05) is 0 Å². The quantitative estimate of drug-likeness (QED) is 0.562. The Morgan fingerprint density at radius 1 is 1.00 bits per heavy atom. The summed E-state index contributed by atoms with van der Waals surface area (Å²) in [5, 5.41) is 0. The van der Waals surface area contributed by atoms with Gasteiger partial charge in [0.25, 0.3) is 0 Å². The molecular weight excluding hydrogens is 158 g/mol. The van der Waals surface area contributed by atoms with Gasteiger partial charge in [-0.25, -0.2) is 0 Å². The van der Waals surface area contributed by atoms with Crippen LogP contribution in [0.1, 0.15) is 41.5 Å². The minimum absolute atomic E-state index is 0.124. The highest BCUT2D eigenvalue weighted by molar-refractivity contribution is 5.09. The molecule has 0 bridgehead atoms. The summed E-state index contributed by atoms with van der Waals surface area (Å²) in [4.78, 5) is 2.26. The van der Waals surface area contributed by atoms with Gasteiger partial charge in [-0.3, -0.25) is 4.90 Å². The lowest BCUT2D eigenvalue weighted by Gasteiger charge is -2.30. The van der Waals surface area contributed by atoms with Crippen LogP contribution in [0, 0.1) is 17.3 Å². The van der Waals surface area contributed by atoms with Crippen LogP contribution in [0.4, 0.5) is 0 Å².